The number of para-hydroxylation sites is 1. The van der Waals surface area contributed by atoms with Crippen LogP contribution in [0, 0.1) is 13.8 Å². The minimum Gasteiger partial charge on any atom is -0.490 e. The second kappa shape index (κ2) is 5.87. The van der Waals surface area contributed by atoms with Gasteiger partial charge in [0.25, 0.3) is 0 Å². The third-order valence-corrected chi connectivity index (χ3v) is 4.21. The van der Waals surface area contributed by atoms with Crippen molar-refractivity contribution in [2.24, 2.45) is 7.05 Å². The number of hydrogen-bond donors (Lipinski definition) is 1. The average Bonchev–Trinajstić information content (AvgIpc) is 2.77. The van der Waals surface area contributed by atoms with Crippen molar-refractivity contribution in [3.05, 3.63) is 46.8 Å². The summed E-state index contributed by atoms with van der Waals surface area (Å²) in [5.41, 5.74) is 3.19. The van der Waals surface area contributed by atoms with Gasteiger partial charge in [0.2, 0.25) is 5.91 Å². The number of ketones is 1. The smallest absolute Gasteiger partial charge is 0.225 e. The van der Waals surface area contributed by atoms with Crippen molar-refractivity contribution in [1.82, 2.24) is 15.1 Å². The molecular formula is C17H19N3O3. The number of carbonyl (C=O) groups excluding carboxylic acids is 2. The maximum absolute atomic E-state index is 12.4. The lowest BCUT2D eigenvalue weighted by molar-refractivity contribution is -0.121. The van der Waals surface area contributed by atoms with Gasteiger partial charge >= 0.3 is 0 Å². The topological polar surface area (TPSA) is 73.2 Å². The average molecular weight is 313 g/mol. The summed E-state index contributed by atoms with van der Waals surface area (Å²) in [6, 6.07) is 6.43. The van der Waals surface area contributed by atoms with Crippen LogP contribution in [0.3, 0.4) is 0 Å². The number of ether oxygens (including phenoxy) is 1. The molecule has 0 spiro atoms. The Morgan fingerprint density at radius 3 is 2.83 bits per heavy atom. The van der Waals surface area contributed by atoms with E-state index in [1.54, 1.807) is 22.9 Å². The molecule has 2 heterocycles. The van der Waals surface area contributed by atoms with E-state index in [2.05, 4.69) is 10.4 Å². The number of carbonyl (C=O) groups is 2. The molecule has 23 heavy (non-hydrogen) atoms. The Hall–Kier alpha value is -2.63. The number of Topliss-reactive ketones (excluding diaryl/α,β-unsaturated/α-hetero) is 1. The van der Waals surface area contributed by atoms with Crippen molar-refractivity contribution in [3.63, 3.8) is 0 Å². The van der Waals surface area contributed by atoms with E-state index in [1.807, 2.05) is 27.0 Å². The van der Waals surface area contributed by atoms with Crippen molar-refractivity contribution in [2.75, 3.05) is 6.61 Å². The van der Waals surface area contributed by atoms with E-state index in [1.165, 1.54) is 0 Å². The largest absolute Gasteiger partial charge is 0.490 e. The summed E-state index contributed by atoms with van der Waals surface area (Å²) in [4.78, 5) is 24.7. The lowest BCUT2D eigenvalue weighted by atomic mass is 10.0. The molecule has 1 aromatic carbocycles. The number of benzene rings is 1. The van der Waals surface area contributed by atoms with E-state index in [0.29, 0.717) is 11.3 Å². The number of aryl methyl sites for hydroxylation is 2. The maximum Gasteiger partial charge on any atom is 0.225 e. The highest BCUT2D eigenvalue weighted by molar-refractivity contribution is 6.05. The fourth-order valence-electron chi connectivity index (χ4n) is 2.82. The third kappa shape index (κ3) is 2.84. The van der Waals surface area contributed by atoms with E-state index >= 15 is 0 Å². The quantitative estimate of drug-likeness (QED) is 0.928. The van der Waals surface area contributed by atoms with Gasteiger partial charge in [-0.2, -0.15) is 5.10 Å². The van der Waals surface area contributed by atoms with Crippen LogP contribution in [0.25, 0.3) is 0 Å². The molecule has 0 bridgehead atoms. The van der Waals surface area contributed by atoms with Gasteiger partial charge in [-0.25, -0.2) is 0 Å². The number of nitrogens with one attached hydrogen (secondary N) is 1. The Balaban J connectivity index is 1.71. The number of hydrogen-bond acceptors (Lipinski definition) is 4. The molecule has 1 atom stereocenters. The molecule has 0 fully saturated rings. The molecule has 1 aliphatic rings. The van der Waals surface area contributed by atoms with Gasteiger partial charge in [0.15, 0.2) is 5.78 Å². The minimum absolute atomic E-state index is 0.111. The lowest BCUT2D eigenvalue weighted by Crippen LogP contribution is -2.47. The zero-order valence-electron chi connectivity index (χ0n) is 13.4. The van der Waals surface area contributed by atoms with Gasteiger partial charge in [-0.3, -0.25) is 14.3 Å². The molecule has 0 radical (unpaired) electrons. The number of fused-ring (bicyclic) bond motifs is 1. The first-order valence-electron chi connectivity index (χ1n) is 7.52. The Bertz CT molecular complexity index is 779. The van der Waals surface area contributed by atoms with Crippen molar-refractivity contribution in [1.29, 1.82) is 0 Å². The molecule has 0 aliphatic carbocycles. The predicted octanol–water partition coefficient (Wildman–Crippen LogP) is 1.34. The fraction of sp³-hybridized carbons (Fsp3) is 0.353. The van der Waals surface area contributed by atoms with Crippen LogP contribution in [-0.2, 0) is 18.3 Å². The highest BCUT2D eigenvalue weighted by atomic mass is 16.5. The standard InChI is InChI=1S/C17H19N3O3/c1-10-13(11(2)20(3)19-10)8-16(21)18-14-9-23-15-7-5-4-6-12(15)17(14)22/h4-7,14H,8-9H2,1-3H3,(H,18,21)/t14-/m1/s1. The highest BCUT2D eigenvalue weighted by Crippen LogP contribution is 2.24. The van der Waals surface area contributed by atoms with E-state index in [4.69, 9.17) is 4.74 Å². The number of rotatable bonds is 3. The molecule has 2 aromatic rings. The van der Waals surface area contributed by atoms with Crippen molar-refractivity contribution in [3.8, 4) is 5.75 Å². The van der Waals surface area contributed by atoms with Crippen LogP contribution in [0.4, 0.5) is 0 Å². The number of nitrogens with zero attached hydrogens (tertiary/aromatic N) is 2. The summed E-state index contributed by atoms with van der Waals surface area (Å²) in [6.07, 6.45) is 0.205. The summed E-state index contributed by atoms with van der Waals surface area (Å²) in [6.45, 7) is 3.96. The lowest BCUT2D eigenvalue weighted by Gasteiger charge is -2.24. The van der Waals surface area contributed by atoms with Gasteiger partial charge in [-0.05, 0) is 26.0 Å². The zero-order chi connectivity index (χ0) is 16.6. The second-order valence-corrected chi connectivity index (χ2v) is 5.74. The van der Waals surface area contributed by atoms with Crippen LogP contribution in [0.15, 0.2) is 24.3 Å². The number of amides is 1. The first-order valence-corrected chi connectivity index (χ1v) is 7.52. The molecule has 6 nitrogen and oxygen atoms in total. The molecule has 1 amide bonds. The monoisotopic (exact) mass is 313 g/mol. The third-order valence-electron chi connectivity index (χ3n) is 4.21. The summed E-state index contributed by atoms with van der Waals surface area (Å²) in [5, 5.41) is 7.07. The Kier molecular flexibility index (Phi) is 3.90. The van der Waals surface area contributed by atoms with E-state index in [9.17, 15) is 9.59 Å². The molecule has 0 saturated heterocycles. The molecule has 1 N–H and O–H groups in total. The van der Waals surface area contributed by atoms with Crippen LogP contribution in [0.1, 0.15) is 27.3 Å². The molecule has 0 saturated carbocycles. The van der Waals surface area contributed by atoms with Gasteiger partial charge in [-0.15, -0.1) is 0 Å². The van der Waals surface area contributed by atoms with Crippen LogP contribution in [0.2, 0.25) is 0 Å². The summed E-state index contributed by atoms with van der Waals surface area (Å²) < 4.78 is 7.31. The molecule has 1 aromatic heterocycles. The van der Waals surface area contributed by atoms with Crippen molar-refractivity contribution in [2.45, 2.75) is 26.3 Å². The Morgan fingerprint density at radius 1 is 1.39 bits per heavy atom. The summed E-state index contributed by atoms with van der Waals surface area (Å²) >= 11 is 0. The highest BCUT2D eigenvalue weighted by Gasteiger charge is 2.30. The zero-order valence-corrected chi connectivity index (χ0v) is 13.4. The van der Waals surface area contributed by atoms with E-state index < -0.39 is 6.04 Å². The molecule has 3 rings (SSSR count). The maximum atomic E-state index is 12.4. The van der Waals surface area contributed by atoms with Crippen LogP contribution in [0.5, 0.6) is 5.75 Å². The number of aromatic nitrogens is 2. The predicted molar refractivity (Wildman–Crippen MR) is 84.6 cm³/mol. The SMILES string of the molecule is Cc1nn(C)c(C)c1CC(=O)N[C@@H]1COc2ccccc2C1=O. The first-order chi connectivity index (χ1) is 11.0. The fourth-order valence-corrected chi connectivity index (χ4v) is 2.82. The van der Waals surface area contributed by atoms with E-state index in [-0.39, 0.29) is 24.7 Å². The van der Waals surface area contributed by atoms with Gasteiger partial charge in [-0.1, -0.05) is 12.1 Å². The molecular weight excluding hydrogens is 294 g/mol. The molecule has 6 heteroatoms. The first kappa shape index (κ1) is 15.3. The van der Waals surface area contributed by atoms with Gasteiger partial charge in [0, 0.05) is 18.3 Å². The second-order valence-electron chi connectivity index (χ2n) is 5.74. The Morgan fingerprint density at radius 2 is 2.13 bits per heavy atom. The summed E-state index contributed by atoms with van der Waals surface area (Å²) in [5.74, 6) is 0.257. The molecule has 120 valence electrons. The van der Waals surface area contributed by atoms with Gasteiger partial charge in [0.1, 0.15) is 18.4 Å². The molecule has 1 aliphatic heterocycles. The molecule has 0 unspecified atom stereocenters. The van der Waals surface area contributed by atoms with E-state index in [0.717, 1.165) is 17.0 Å². The van der Waals surface area contributed by atoms with Crippen LogP contribution < -0.4 is 10.1 Å². The van der Waals surface area contributed by atoms with Crippen molar-refractivity contribution < 1.29 is 14.3 Å². The summed E-state index contributed by atoms with van der Waals surface area (Å²) in [7, 11) is 1.85. The van der Waals surface area contributed by atoms with Crippen LogP contribution >= 0.6 is 0 Å². The van der Waals surface area contributed by atoms with Crippen molar-refractivity contribution >= 4 is 11.7 Å². The normalized spacial score (nSPS) is 16.7. The van der Waals surface area contributed by atoms with Crippen LogP contribution in [-0.4, -0.2) is 34.1 Å². The van der Waals surface area contributed by atoms with Gasteiger partial charge < -0.3 is 10.1 Å². The van der Waals surface area contributed by atoms with Gasteiger partial charge in [0.05, 0.1) is 17.7 Å². The Labute approximate surface area is 134 Å². The minimum atomic E-state index is -0.644.